The number of hydrogen-bond donors (Lipinski definition) is 0. The summed E-state index contributed by atoms with van der Waals surface area (Å²) in [4.78, 5) is 0. The zero-order valence-electron chi connectivity index (χ0n) is 17.4. The summed E-state index contributed by atoms with van der Waals surface area (Å²) >= 11 is 3.38. The van der Waals surface area contributed by atoms with Gasteiger partial charge < -0.3 is 0 Å². The highest BCUT2D eigenvalue weighted by molar-refractivity contribution is 7.27. The first-order chi connectivity index (χ1) is 15.9. The van der Waals surface area contributed by atoms with Crippen LogP contribution in [0.3, 0.4) is 0 Å². The Morgan fingerprint density at radius 2 is 1.09 bits per heavy atom. The Kier molecular flexibility index (Phi) is 3.78. The molecule has 0 N–H and O–H groups in total. The van der Waals surface area contributed by atoms with E-state index in [9.17, 15) is 13.2 Å². The number of thiophene rings is 2. The van der Waals surface area contributed by atoms with Crippen LogP contribution < -0.4 is 0 Å². The molecule has 2 heterocycles. The minimum Gasteiger partial charge on any atom is -0.166 e. The van der Waals surface area contributed by atoms with Crippen molar-refractivity contribution >= 4 is 84.6 Å². The molecular weight excluding hydrogens is 457 g/mol. The fraction of sp³-hybridized carbons (Fsp3) is 0.0714. The van der Waals surface area contributed by atoms with Gasteiger partial charge in [-0.05, 0) is 60.2 Å². The van der Waals surface area contributed by atoms with E-state index in [4.69, 9.17) is 0 Å². The Balaban J connectivity index is 1.55. The van der Waals surface area contributed by atoms with Gasteiger partial charge >= 0.3 is 6.18 Å². The molecule has 0 radical (unpaired) electrons. The van der Waals surface area contributed by atoms with Crippen LogP contribution in [0.25, 0.3) is 61.9 Å². The van der Waals surface area contributed by atoms with Gasteiger partial charge in [-0.1, -0.05) is 35.9 Å². The number of halogens is 3. The lowest BCUT2D eigenvalue weighted by Crippen LogP contribution is -2.03. The Bertz CT molecular complexity index is 1920. The minimum absolute atomic E-state index is 0.601. The van der Waals surface area contributed by atoms with Crippen LogP contribution in [0, 0.1) is 6.92 Å². The van der Waals surface area contributed by atoms with Crippen LogP contribution >= 0.6 is 22.7 Å². The highest BCUT2D eigenvalue weighted by Gasteiger charge is 2.30. The first kappa shape index (κ1) is 19.3. The Morgan fingerprint density at radius 1 is 0.545 bits per heavy atom. The van der Waals surface area contributed by atoms with Gasteiger partial charge in [0.2, 0.25) is 0 Å². The van der Waals surface area contributed by atoms with Crippen LogP contribution in [-0.2, 0) is 6.18 Å². The third-order valence-electron chi connectivity index (χ3n) is 6.51. The van der Waals surface area contributed by atoms with Crippen molar-refractivity contribution in [1.29, 1.82) is 0 Å². The number of hydrogen-bond acceptors (Lipinski definition) is 2. The average molecular weight is 473 g/mol. The molecule has 7 rings (SSSR count). The summed E-state index contributed by atoms with van der Waals surface area (Å²) in [5.41, 5.74) is 0.650. The average Bonchev–Trinajstić information content (AvgIpc) is 3.35. The molecule has 0 unspecified atom stereocenters. The molecule has 0 saturated carbocycles. The minimum atomic E-state index is -4.34. The maximum absolute atomic E-state index is 13.3. The molecule has 0 bridgehead atoms. The lowest BCUT2D eigenvalue weighted by molar-refractivity contribution is -0.137. The smallest absolute Gasteiger partial charge is 0.166 e. The van der Waals surface area contributed by atoms with Gasteiger partial charge in [0.1, 0.15) is 0 Å². The maximum atomic E-state index is 13.3. The summed E-state index contributed by atoms with van der Waals surface area (Å²) < 4.78 is 44.3. The molecule has 0 nitrogen and oxygen atoms in total. The predicted octanol–water partition coefficient (Wildman–Crippen LogP) is 10.1. The third kappa shape index (κ3) is 2.76. The highest BCUT2D eigenvalue weighted by atomic mass is 32.1. The first-order valence-corrected chi connectivity index (χ1v) is 12.2. The Labute approximate surface area is 194 Å². The van der Waals surface area contributed by atoms with Gasteiger partial charge in [-0.25, -0.2) is 0 Å². The number of rotatable bonds is 0. The topological polar surface area (TPSA) is 0 Å². The van der Waals surface area contributed by atoms with E-state index >= 15 is 0 Å². The van der Waals surface area contributed by atoms with E-state index in [1.54, 1.807) is 17.4 Å². The van der Waals surface area contributed by atoms with Crippen LogP contribution in [0.15, 0.2) is 72.8 Å². The van der Waals surface area contributed by atoms with E-state index in [0.29, 0.717) is 5.39 Å². The van der Waals surface area contributed by atoms with Crippen LogP contribution in [0.5, 0.6) is 0 Å². The van der Waals surface area contributed by atoms with Crippen molar-refractivity contribution in [1.82, 2.24) is 0 Å². The second kappa shape index (κ2) is 6.46. The van der Waals surface area contributed by atoms with E-state index in [1.807, 2.05) is 23.5 Å². The molecule has 5 heteroatoms. The van der Waals surface area contributed by atoms with Gasteiger partial charge in [0.15, 0.2) is 0 Å². The van der Waals surface area contributed by atoms with Crippen molar-refractivity contribution in [2.75, 3.05) is 0 Å². The van der Waals surface area contributed by atoms with E-state index in [0.717, 1.165) is 30.9 Å². The number of alkyl halides is 3. The Morgan fingerprint density at radius 3 is 1.67 bits per heavy atom. The largest absolute Gasteiger partial charge is 0.416 e. The summed E-state index contributed by atoms with van der Waals surface area (Å²) in [6, 6.07) is 23.4. The van der Waals surface area contributed by atoms with Crippen molar-refractivity contribution in [2.45, 2.75) is 13.1 Å². The van der Waals surface area contributed by atoms with Crippen molar-refractivity contribution < 1.29 is 13.2 Å². The zero-order valence-corrected chi connectivity index (χ0v) is 19.0. The fourth-order valence-corrected chi connectivity index (χ4v) is 7.32. The van der Waals surface area contributed by atoms with Crippen molar-refractivity contribution in [2.24, 2.45) is 0 Å². The molecule has 33 heavy (non-hydrogen) atoms. The molecular formula is C28H15F3S2. The summed E-state index contributed by atoms with van der Waals surface area (Å²) in [6.07, 6.45) is -4.34. The summed E-state index contributed by atoms with van der Waals surface area (Å²) in [6.45, 7) is 2.12. The Hall–Kier alpha value is -3.15. The summed E-state index contributed by atoms with van der Waals surface area (Å²) in [5, 5.41) is 8.68. The molecule has 0 fully saturated rings. The van der Waals surface area contributed by atoms with Gasteiger partial charge in [-0.3, -0.25) is 0 Å². The lowest BCUT2D eigenvalue weighted by Gasteiger charge is -2.06. The fourth-order valence-electron chi connectivity index (χ4n) is 4.90. The molecule has 7 aromatic rings. The molecule has 0 aliphatic rings. The van der Waals surface area contributed by atoms with Crippen molar-refractivity contribution in [3.63, 3.8) is 0 Å². The standard InChI is InChI=1S/C28H15F3S2/c1-14-2-8-24-22(10-14)18-6-3-15-12-21-16(11-20(15)26(18)32-24)4-7-19-23-13-17(28(29,30)31)5-9-25(23)33-27(19)21/h2-13H,1H3. The normalized spacial score (nSPS) is 12.8. The van der Waals surface area contributed by atoms with Crippen LogP contribution in [-0.4, -0.2) is 0 Å². The molecule has 0 aliphatic heterocycles. The van der Waals surface area contributed by atoms with Gasteiger partial charge in [0.05, 0.1) is 5.56 Å². The third-order valence-corrected chi connectivity index (χ3v) is 8.95. The van der Waals surface area contributed by atoms with Crippen LogP contribution in [0.1, 0.15) is 11.1 Å². The second-order valence-corrected chi connectivity index (χ2v) is 10.7. The van der Waals surface area contributed by atoms with Crippen molar-refractivity contribution in [3.05, 3.63) is 83.9 Å². The summed E-state index contributed by atoms with van der Waals surface area (Å²) in [5.74, 6) is 0. The van der Waals surface area contributed by atoms with Crippen molar-refractivity contribution in [3.8, 4) is 0 Å². The van der Waals surface area contributed by atoms with E-state index in [1.165, 1.54) is 43.3 Å². The van der Waals surface area contributed by atoms with Crippen LogP contribution in [0.2, 0.25) is 0 Å². The van der Waals surface area contributed by atoms with E-state index < -0.39 is 11.7 Å². The number of fused-ring (bicyclic) bond motifs is 10. The predicted molar refractivity (Wildman–Crippen MR) is 137 cm³/mol. The lowest BCUT2D eigenvalue weighted by atomic mass is 9.99. The molecule has 5 aromatic carbocycles. The second-order valence-electron chi connectivity index (χ2n) is 8.59. The number of aryl methyl sites for hydroxylation is 1. The van der Waals surface area contributed by atoms with Gasteiger partial charge in [0, 0.05) is 51.1 Å². The molecule has 0 aliphatic carbocycles. The monoisotopic (exact) mass is 472 g/mol. The molecule has 0 spiro atoms. The zero-order chi connectivity index (χ0) is 22.5. The summed E-state index contributed by atoms with van der Waals surface area (Å²) in [7, 11) is 0. The molecule has 0 saturated heterocycles. The molecule has 2 aromatic heterocycles. The first-order valence-electron chi connectivity index (χ1n) is 10.6. The van der Waals surface area contributed by atoms with E-state index in [2.05, 4.69) is 49.4 Å². The SMILES string of the molecule is Cc1ccc2sc3c4cc5ccc6c7cc(C(F)(F)F)ccc7sc6c5cc4ccc3c2c1. The number of benzene rings is 5. The maximum Gasteiger partial charge on any atom is 0.416 e. The molecule has 0 amide bonds. The van der Waals surface area contributed by atoms with Gasteiger partial charge in [-0.2, -0.15) is 13.2 Å². The van der Waals surface area contributed by atoms with Gasteiger partial charge in [0.25, 0.3) is 0 Å². The molecule has 0 atom stereocenters. The quantitative estimate of drug-likeness (QED) is 0.193. The van der Waals surface area contributed by atoms with Gasteiger partial charge in [-0.15, -0.1) is 22.7 Å². The molecule has 160 valence electrons. The highest BCUT2D eigenvalue weighted by Crippen LogP contribution is 2.44. The van der Waals surface area contributed by atoms with E-state index in [-0.39, 0.29) is 0 Å². The van der Waals surface area contributed by atoms with Crippen LogP contribution in [0.4, 0.5) is 13.2 Å².